The third kappa shape index (κ3) is 31.2. The molecule has 197 valence electrons. The Morgan fingerprint density at radius 1 is 0.824 bits per heavy atom. The quantitative estimate of drug-likeness (QED) is 0.0887. The third-order valence-electron chi connectivity index (χ3n) is 3.45. The van der Waals surface area contributed by atoms with Crippen LogP contribution in [-0.2, 0) is 26.3 Å². The molecule has 0 bridgehead atoms. The molecule has 1 radical (unpaired) electrons. The fourth-order valence-corrected chi connectivity index (χ4v) is 1.30. The van der Waals surface area contributed by atoms with Gasteiger partial charge in [0.05, 0.1) is 6.61 Å². The molecule has 0 saturated carbocycles. The monoisotopic (exact) mass is 529 g/mol. The number of pyridine rings is 1. The van der Waals surface area contributed by atoms with E-state index in [0.29, 0.717) is 35.9 Å². The fraction of sp³-hybridized carbons (Fsp3) is 0.476. The van der Waals surface area contributed by atoms with E-state index in [1.807, 2.05) is 18.2 Å². The summed E-state index contributed by atoms with van der Waals surface area (Å²) < 4.78 is 4.68. The number of aliphatic hydroxyl groups excluding tert-OH is 1. The molecule has 0 spiro atoms. The zero-order valence-electron chi connectivity index (χ0n) is 20.1. The van der Waals surface area contributed by atoms with Crippen molar-refractivity contribution in [1.82, 2.24) is 4.98 Å². The molecule has 1 heterocycles. The van der Waals surface area contributed by atoms with Crippen molar-refractivity contribution in [1.29, 1.82) is 0 Å². The SMILES string of the molecule is CC(=N/O)/C(C)=N/O.CC(=N\O)/C(C)=N/O.[CH2-]C(O)CCCCOC(C)=O.[Co].c1ccncc1. The van der Waals surface area contributed by atoms with Crippen LogP contribution in [0.25, 0.3) is 0 Å². The first-order valence-electron chi connectivity index (χ1n) is 9.82. The molecular formula is C21H36CoN5O7-. The van der Waals surface area contributed by atoms with Gasteiger partial charge in [-0.15, -0.1) is 0 Å². The summed E-state index contributed by atoms with van der Waals surface area (Å²) in [6.45, 7) is 11.4. The first-order valence-corrected chi connectivity index (χ1v) is 9.82. The maximum atomic E-state index is 10.3. The van der Waals surface area contributed by atoms with E-state index in [1.165, 1.54) is 34.6 Å². The summed E-state index contributed by atoms with van der Waals surface area (Å²) in [6.07, 6.45) is 5.32. The molecule has 13 heteroatoms. The Labute approximate surface area is 210 Å². The molecule has 0 aliphatic rings. The van der Waals surface area contributed by atoms with Crippen molar-refractivity contribution < 1.29 is 52.2 Å². The predicted molar refractivity (Wildman–Crippen MR) is 126 cm³/mol. The number of rotatable bonds is 7. The van der Waals surface area contributed by atoms with E-state index in [2.05, 4.69) is 37.3 Å². The minimum atomic E-state index is -0.493. The largest absolute Gasteiger partial charge is 0.466 e. The average Bonchev–Trinajstić information content (AvgIpc) is 2.83. The van der Waals surface area contributed by atoms with E-state index in [4.69, 9.17) is 25.9 Å². The van der Waals surface area contributed by atoms with Crippen molar-refractivity contribution in [2.45, 2.75) is 60.0 Å². The summed E-state index contributed by atoms with van der Waals surface area (Å²) in [5, 5.41) is 52.0. The van der Waals surface area contributed by atoms with Crippen LogP contribution in [-0.4, -0.2) is 72.4 Å². The fourth-order valence-electron chi connectivity index (χ4n) is 1.30. The van der Waals surface area contributed by atoms with Gasteiger partial charge in [-0.3, -0.25) is 9.78 Å². The van der Waals surface area contributed by atoms with Gasteiger partial charge in [0.1, 0.15) is 22.8 Å². The number of hydrogen-bond donors (Lipinski definition) is 5. The molecule has 1 unspecified atom stereocenters. The Hall–Kier alpha value is -3.03. The number of oxime groups is 4. The predicted octanol–water partition coefficient (Wildman–Crippen LogP) is 3.37. The summed E-state index contributed by atoms with van der Waals surface area (Å²) in [5.74, 6) is -0.250. The van der Waals surface area contributed by atoms with Gasteiger partial charge in [0.25, 0.3) is 0 Å². The van der Waals surface area contributed by atoms with Crippen molar-refractivity contribution >= 4 is 28.8 Å². The Balaban J connectivity index is -0.000000178. The van der Waals surface area contributed by atoms with Crippen LogP contribution >= 0.6 is 0 Å². The van der Waals surface area contributed by atoms with Crippen molar-refractivity contribution in [3.8, 4) is 0 Å². The van der Waals surface area contributed by atoms with Crippen LogP contribution in [0.4, 0.5) is 0 Å². The molecular weight excluding hydrogens is 493 g/mol. The molecule has 1 atom stereocenters. The zero-order valence-corrected chi connectivity index (χ0v) is 21.2. The molecule has 0 saturated heterocycles. The van der Waals surface area contributed by atoms with Gasteiger partial charge in [-0.05, 0) is 46.2 Å². The van der Waals surface area contributed by atoms with Gasteiger partial charge in [-0.25, -0.2) is 0 Å². The second kappa shape index (κ2) is 28.0. The minimum absolute atomic E-state index is 0. The second-order valence-electron chi connectivity index (χ2n) is 6.26. The molecule has 34 heavy (non-hydrogen) atoms. The maximum Gasteiger partial charge on any atom is 0.302 e. The average molecular weight is 529 g/mol. The van der Waals surface area contributed by atoms with E-state index in [9.17, 15) is 4.79 Å². The molecule has 0 aliphatic heterocycles. The van der Waals surface area contributed by atoms with Crippen LogP contribution in [0.2, 0.25) is 0 Å². The number of unbranched alkanes of at least 4 members (excludes halogenated alkanes) is 1. The topological polar surface area (TPSA) is 190 Å². The maximum absolute atomic E-state index is 10.3. The van der Waals surface area contributed by atoms with Gasteiger partial charge in [-0.1, -0.05) is 45.6 Å². The molecule has 5 N–H and O–H groups in total. The van der Waals surface area contributed by atoms with Gasteiger partial charge in [0.2, 0.25) is 0 Å². The smallest absolute Gasteiger partial charge is 0.302 e. The van der Waals surface area contributed by atoms with Crippen LogP contribution in [0.15, 0.2) is 51.2 Å². The van der Waals surface area contributed by atoms with Gasteiger partial charge in [-0.2, -0.15) is 0 Å². The third-order valence-corrected chi connectivity index (χ3v) is 3.45. The standard InChI is InChI=1S/C8H15O3.C5H5N.2C4H8N2O2.Co/c1-7(9)5-3-4-6-11-8(2)10;1-2-4-6-5-3-1;2*1-3(5-7)4(2)6-8;/h7,9H,1,3-6H2,2H3;1-5H;2*7-8H,1-2H3;/q-1;;;;/b;;5-3+,6-4+;5-3-,6-4+;. The first-order chi connectivity index (χ1) is 15.6. The molecule has 1 aromatic heterocycles. The Bertz CT molecular complexity index is 637. The van der Waals surface area contributed by atoms with Gasteiger partial charge < -0.3 is 37.6 Å². The Morgan fingerprint density at radius 2 is 1.21 bits per heavy atom. The van der Waals surface area contributed by atoms with Crippen molar-refractivity contribution in [3.05, 3.63) is 37.5 Å². The van der Waals surface area contributed by atoms with Gasteiger partial charge in [0, 0.05) is 36.1 Å². The number of aliphatic hydroxyl groups is 1. The van der Waals surface area contributed by atoms with Crippen LogP contribution in [0.1, 0.15) is 53.9 Å². The summed E-state index contributed by atoms with van der Waals surface area (Å²) in [4.78, 5) is 14.0. The molecule has 0 aliphatic carbocycles. The number of carbonyl (C=O) groups is 1. The number of carbonyl (C=O) groups excluding carboxylic acids is 1. The number of esters is 1. The van der Waals surface area contributed by atoms with Crippen molar-refractivity contribution in [2.75, 3.05) is 6.61 Å². The summed E-state index contributed by atoms with van der Waals surface area (Å²) >= 11 is 0. The first kappa shape index (κ1) is 38.2. The summed E-state index contributed by atoms with van der Waals surface area (Å²) in [6, 6.07) is 5.72. The Kier molecular flexibility index (Phi) is 31.5. The molecule has 0 amide bonds. The van der Waals surface area contributed by atoms with Crippen molar-refractivity contribution in [2.24, 2.45) is 20.6 Å². The molecule has 1 aromatic rings. The van der Waals surface area contributed by atoms with Crippen LogP contribution < -0.4 is 0 Å². The number of aromatic nitrogens is 1. The van der Waals surface area contributed by atoms with Crippen molar-refractivity contribution in [3.63, 3.8) is 0 Å². The second-order valence-corrected chi connectivity index (χ2v) is 6.26. The van der Waals surface area contributed by atoms with Gasteiger partial charge in [0.15, 0.2) is 0 Å². The number of nitrogens with zero attached hydrogens (tertiary/aromatic N) is 5. The normalized spacial score (nSPS) is 12.2. The van der Waals surface area contributed by atoms with E-state index in [1.54, 1.807) is 12.4 Å². The van der Waals surface area contributed by atoms with Crippen LogP contribution in [0.5, 0.6) is 0 Å². The zero-order chi connectivity index (χ0) is 26.1. The van der Waals surface area contributed by atoms with E-state index in [-0.39, 0.29) is 22.7 Å². The number of hydrogen-bond acceptors (Lipinski definition) is 12. The van der Waals surface area contributed by atoms with E-state index >= 15 is 0 Å². The van der Waals surface area contributed by atoms with E-state index in [0.717, 1.165) is 12.8 Å². The van der Waals surface area contributed by atoms with Crippen LogP contribution in [0.3, 0.4) is 0 Å². The van der Waals surface area contributed by atoms with Crippen LogP contribution in [0, 0.1) is 6.92 Å². The summed E-state index contributed by atoms with van der Waals surface area (Å²) in [5.41, 5.74) is 1.25. The molecule has 0 aromatic carbocycles. The molecule has 0 fully saturated rings. The Morgan fingerprint density at radius 3 is 1.41 bits per heavy atom. The van der Waals surface area contributed by atoms with E-state index < -0.39 is 6.10 Å². The molecule has 12 nitrogen and oxygen atoms in total. The minimum Gasteiger partial charge on any atom is -0.466 e. The van der Waals surface area contributed by atoms with Gasteiger partial charge >= 0.3 is 5.97 Å². The summed E-state index contributed by atoms with van der Waals surface area (Å²) in [7, 11) is 0. The number of ether oxygens (including phenoxy) is 1. The molecule has 1 rings (SSSR count).